The first-order chi connectivity index (χ1) is 12.5. The molecule has 142 valence electrons. The van der Waals surface area contributed by atoms with Gasteiger partial charge in [0.2, 0.25) is 0 Å². The van der Waals surface area contributed by atoms with Crippen molar-refractivity contribution in [3.05, 3.63) is 29.6 Å². The van der Waals surface area contributed by atoms with Crippen LogP contribution in [0.2, 0.25) is 0 Å². The zero-order valence-corrected chi connectivity index (χ0v) is 16.0. The molecule has 6 heteroatoms. The summed E-state index contributed by atoms with van der Waals surface area (Å²) in [4.78, 5) is 24.0. The summed E-state index contributed by atoms with van der Waals surface area (Å²) in [6.07, 6.45) is 2.99. The van der Waals surface area contributed by atoms with Crippen molar-refractivity contribution in [1.29, 1.82) is 0 Å². The van der Waals surface area contributed by atoms with Gasteiger partial charge in [0.05, 0.1) is 12.2 Å². The molecule has 0 bridgehead atoms. The van der Waals surface area contributed by atoms with Crippen molar-refractivity contribution in [2.24, 2.45) is 0 Å². The lowest BCUT2D eigenvalue weighted by molar-refractivity contribution is -0.0396. The summed E-state index contributed by atoms with van der Waals surface area (Å²) < 4.78 is 6.32. The number of ether oxygens (including phenoxy) is 1. The molecule has 1 aromatic rings. The third kappa shape index (κ3) is 3.63. The van der Waals surface area contributed by atoms with E-state index in [1.807, 2.05) is 30.0 Å². The lowest BCUT2D eigenvalue weighted by Gasteiger charge is -2.39. The van der Waals surface area contributed by atoms with Gasteiger partial charge in [-0.1, -0.05) is 6.07 Å². The van der Waals surface area contributed by atoms with E-state index in [9.17, 15) is 4.79 Å². The van der Waals surface area contributed by atoms with Crippen LogP contribution in [-0.4, -0.2) is 90.2 Å². The lowest BCUT2D eigenvalue weighted by atomic mass is 9.87. The lowest BCUT2D eigenvalue weighted by Crippen LogP contribution is -2.50. The van der Waals surface area contributed by atoms with Gasteiger partial charge in [-0.25, -0.2) is 4.98 Å². The fraction of sp³-hybridized carbons (Fsp3) is 0.700. The molecule has 3 saturated heterocycles. The first-order valence-electron chi connectivity index (χ1n) is 9.84. The molecule has 26 heavy (non-hydrogen) atoms. The monoisotopic (exact) mass is 358 g/mol. The molecular weight excluding hydrogens is 328 g/mol. The number of carbonyl (C=O) groups excluding carboxylic acids is 1. The standard InChI is InChI=1S/C20H30N4O2/c1-16-4-3-5-18(21-16)19(25)24-8-6-20(7-9-24)14-17(15-26-20)23-12-10-22(2)11-13-23/h3-5,17H,6-15H2,1-2H3. The smallest absolute Gasteiger partial charge is 0.272 e. The molecule has 0 radical (unpaired) electrons. The molecule has 4 rings (SSSR count). The van der Waals surface area contributed by atoms with Crippen LogP contribution in [0.3, 0.4) is 0 Å². The molecule has 1 aromatic heterocycles. The SMILES string of the molecule is Cc1cccc(C(=O)N2CCC3(CC2)CC(N2CCN(C)CC2)CO3)n1. The number of hydrogen-bond acceptors (Lipinski definition) is 5. The number of pyridine rings is 1. The fourth-order valence-electron chi connectivity index (χ4n) is 4.53. The van der Waals surface area contributed by atoms with E-state index < -0.39 is 0 Å². The second kappa shape index (κ2) is 7.25. The van der Waals surface area contributed by atoms with E-state index in [4.69, 9.17) is 4.74 Å². The summed E-state index contributed by atoms with van der Waals surface area (Å²) in [6, 6.07) is 6.19. The molecule has 0 saturated carbocycles. The van der Waals surface area contributed by atoms with Gasteiger partial charge in [0, 0.05) is 51.0 Å². The zero-order valence-electron chi connectivity index (χ0n) is 16.0. The number of amides is 1. The second-order valence-corrected chi connectivity index (χ2v) is 8.15. The van der Waals surface area contributed by atoms with Gasteiger partial charge >= 0.3 is 0 Å². The summed E-state index contributed by atoms with van der Waals surface area (Å²) in [7, 11) is 2.19. The number of likely N-dealkylation sites (tertiary alicyclic amines) is 1. The van der Waals surface area contributed by atoms with Crippen LogP contribution in [-0.2, 0) is 4.74 Å². The topological polar surface area (TPSA) is 48.9 Å². The Kier molecular flexibility index (Phi) is 4.99. The van der Waals surface area contributed by atoms with Crippen molar-refractivity contribution in [2.45, 2.75) is 37.8 Å². The number of carbonyl (C=O) groups is 1. The number of nitrogens with zero attached hydrogens (tertiary/aromatic N) is 4. The van der Waals surface area contributed by atoms with E-state index >= 15 is 0 Å². The number of likely N-dealkylation sites (N-methyl/N-ethyl adjacent to an activating group) is 1. The van der Waals surface area contributed by atoms with Crippen LogP contribution in [0.5, 0.6) is 0 Å². The summed E-state index contributed by atoms with van der Waals surface area (Å²) in [6.45, 7) is 8.89. The maximum Gasteiger partial charge on any atom is 0.272 e. The van der Waals surface area contributed by atoms with E-state index in [1.54, 1.807) is 0 Å². The third-order valence-electron chi connectivity index (χ3n) is 6.31. The van der Waals surface area contributed by atoms with Gasteiger partial charge in [-0.05, 0) is 45.4 Å². The first kappa shape index (κ1) is 17.9. The van der Waals surface area contributed by atoms with Crippen molar-refractivity contribution in [2.75, 3.05) is 52.9 Å². The van der Waals surface area contributed by atoms with Crippen LogP contribution >= 0.6 is 0 Å². The van der Waals surface area contributed by atoms with E-state index in [1.165, 1.54) is 0 Å². The number of aromatic nitrogens is 1. The molecule has 1 atom stereocenters. The Bertz CT molecular complexity index is 649. The largest absolute Gasteiger partial charge is 0.373 e. The molecule has 0 aliphatic carbocycles. The van der Waals surface area contributed by atoms with E-state index in [0.717, 1.165) is 70.8 Å². The summed E-state index contributed by atoms with van der Waals surface area (Å²) in [5.41, 5.74) is 1.42. The highest BCUT2D eigenvalue weighted by atomic mass is 16.5. The predicted molar refractivity (Wildman–Crippen MR) is 100 cm³/mol. The number of rotatable bonds is 2. The van der Waals surface area contributed by atoms with Crippen LogP contribution in [0.15, 0.2) is 18.2 Å². The summed E-state index contributed by atoms with van der Waals surface area (Å²) in [5, 5.41) is 0. The van der Waals surface area contributed by atoms with Gasteiger partial charge < -0.3 is 14.5 Å². The Morgan fingerprint density at radius 1 is 1.15 bits per heavy atom. The van der Waals surface area contributed by atoms with Crippen molar-refractivity contribution >= 4 is 5.91 Å². The van der Waals surface area contributed by atoms with Gasteiger partial charge in [-0.15, -0.1) is 0 Å². The molecule has 3 aliphatic rings. The highest BCUT2D eigenvalue weighted by Gasteiger charge is 2.45. The van der Waals surface area contributed by atoms with Crippen molar-refractivity contribution < 1.29 is 9.53 Å². The Labute approximate surface area is 156 Å². The molecule has 1 spiro atoms. The molecule has 3 fully saturated rings. The number of aryl methyl sites for hydroxylation is 1. The average molecular weight is 358 g/mol. The molecule has 0 aromatic carbocycles. The molecule has 0 N–H and O–H groups in total. The van der Waals surface area contributed by atoms with E-state index in [0.29, 0.717) is 11.7 Å². The molecule has 1 amide bonds. The Hall–Kier alpha value is -1.50. The van der Waals surface area contributed by atoms with Gasteiger partial charge in [-0.3, -0.25) is 9.69 Å². The Morgan fingerprint density at radius 2 is 1.88 bits per heavy atom. The molecule has 3 aliphatic heterocycles. The van der Waals surface area contributed by atoms with Crippen LogP contribution < -0.4 is 0 Å². The maximum atomic E-state index is 12.7. The highest BCUT2D eigenvalue weighted by molar-refractivity contribution is 5.92. The van der Waals surface area contributed by atoms with E-state index in [2.05, 4.69) is 21.8 Å². The first-order valence-corrected chi connectivity index (χ1v) is 9.84. The number of hydrogen-bond donors (Lipinski definition) is 0. The van der Waals surface area contributed by atoms with Gasteiger partial charge in [0.15, 0.2) is 0 Å². The minimum absolute atomic E-state index is 0.0230. The number of piperidine rings is 1. The maximum absolute atomic E-state index is 12.7. The van der Waals surface area contributed by atoms with Crippen molar-refractivity contribution in [1.82, 2.24) is 19.7 Å². The molecule has 4 heterocycles. The molecule has 6 nitrogen and oxygen atoms in total. The average Bonchev–Trinajstić information content (AvgIpc) is 3.06. The van der Waals surface area contributed by atoms with Crippen LogP contribution in [0, 0.1) is 6.92 Å². The van der Waals surface area contributed by atoms with Crippen LogP contribution in [0.25, 0.3) is 0 Å². The zero-order chi connectivity index (χ0) is 18.1. The van der Waals surface area contributed by atoms with Crippen LogP contribution in [0.1, 0.15) is 35.4 Å². The highest BCUT2D eigenvalue weighted by Crippen LogP contribution is 2.38. The minimum atomic E-state index is -0.0230. The Balaban J connectivity index is 1.33. The number of piperazine rings is 1. The Morgan fingerprint density at radius 3 is 2.58 bits per heavy atom. The summed E-state index contributed by atoms with van der Waals surface area (Å²) in [5.74, 6) is 0.0529. The summed E-state index contributed by atoms with van der Waals surface area (Å²) >= 11 is 0. The van der Waals surface area contributed by atoms with Crippen molar-refractivity contribution in [3.63, 3.8) is 0 Å². The predicted octanol–water partition coefficient (Wildman–Crippen LogP) is 1.40. The third-order valence-corrected chi connectivity index (χ3v) is 6.31. The van der Waals surface area contributed by atoms with E-state index in [-0.39, 0.29) is 11.5 Å². The quantitative estimate of drug-likeness (QED) is 0.800. The molecule has 1 unspecified atom stereocenters. The van der Waals surface area contributed by atoms with Crippen molar-refractivity contribution in [3.8, 4) is 0 Å². The second-order valence-electron chi connectivity index (χ2n) is 8.15. The van der Waals surface area contributed by atoms with Crippen LogP contribution in [0.4, 0.5) is 0 Å². The fourth-order valence-corrected chi connectivity index (χ4v) is 4.53. The molecular formula is C20H30N4O2. The van der Waals surface area contributed by atoms with Gasteiger partial charge in [0.1, 0.15) is 5.69 Å². The van der Waals surface area contributed by atoms with Gasteiger partial charge in [-0.2, -0.15) is 0 Å². The normalized spacial score (nSPS) is 27.2. The minimum Gasteiger partial charge on any atom is -0.373 e. The van der Waals surface area contributed by atoms with Gasteiger partial charge in [0.25, 0.3) is 5.91 Å².